The third kappa shape index (κ3) is 6.72. The Balaban J connectivity index is 1.48. The van der Waals surface area contributed by atoms with Crippen molar-refractivity contribution in [2.45, 2.75) is 57.7 Å². The summed E-state index contributed by atoms with van der Waals surface area (Å²) in [6.45, 7) is 9.99. The van der Waals surface area contributed by atoms with Crippen molar-refractivity contribution in [2.24, 2.45) is 9.98 Å². The number of hydrogen-bond donors (Lipinski definition) is 1. The second-order valence-corrected chi connectivity index (χ2v) is 10.7. The summed E-state index contributed by atoms with van der Waals surface area (Å²) in [6.07, 6.45) is 6.27. The maximum atomic E-state index is 14.6. The molecular formula is C28H37F2N7O. The lowest BCUT2D eigenvalue weighted by Gasteiger charge is -2.33. The Hall–Kier alpha value is -3.40. The molecule has 0 radical (unpaired) electrons. The fourth-order valence-corrected chi connectivity index (χ4v) is 4.78. The predicted molar refractivity (Wildman–Crippen MR) is 146 cm³/mol. The van der Waals surface area contributed by atoms with Crippen molar-refractivity contribution in [1.29, 1.82) is 0 Å². The van der Waals surface area contributed by atoms with Crippen LogP contribution < -0.4 is 5.32 Å². The van der Waals surface area contributed by atoms with Gasteiger partial charge in [0.2, 0.25) is 5.91 Å². The molecule has 1 aromatic heterocycles. The fourth-order valence-electron chi connectivity index (χ4n) is 4.78. The van der Waals surface area contributed by atoms with Crippen molar-refractivity contribution in [1.82, 2.24) is 24.7 Å². The van der Waals surface area contributed by atoms with E-state index in [0.717, 1.165) is 50.5 Å². The third-order valence-corrected chi connectivity index (χ3v) is 7.02. The van der Waals surface area contributed by atoms with Crippen molar-refractivity contribution in [2.75, 3.05) is 33.7 Å². The van der Waals surface area contributed by atoms with Crippen molar-refractivity contribution in [3.8, 4) is 11.3 Å². The molecule has 3 heterocycles. The Morgan fingerprint density at radius 2 is 2.03 bits per heavy atom. The lowest BCUT2D eigenvalue weighted by molar-refractivity contribution is -0.118. The molecule has 0 saturated carbocycles. The van der Waals surface area contributed by atoms with Gasteiger partial charge < -0.3 is 19.7 Å². The van der Waals surface area contributed by atoms with Crippen LogP contribution in [0, 0.1) is 5.82 Å². The summed E-state index contributed by atoms with van der Waals surface area (Å²) in [4.78, 5) is 29.1. The number of amides is 1. The highest BCUT2D eigenvalue weighted by molar-refractivity contribution is 6.06. The van der Waals surface area contributed by atoms with E-state index in [1.54, 1.807) is 12.1 Å². The number of rotatable bonds is 9. The summed E-state index contributed by atoms with van der Waals surface area (Å²) in [7, 11) is 4.06. The van der Waals surface area contributed by atoms with Crippen LogP contribution in [0.25, 0.3) is 11.3 Å². The van der Waals surface area contributed by atoms with Crippen LogP contribution in [0.4, 0.5) is 8.78 Å². The first-order valence-electron chi connectivity index (χ1n) is 13.1. The molecule has 1 aromatic carbocycles. The lowest BCUT2D eigenvalue weighted by Crippen LogP contribution is -2.32. The van der Waals surface area contributed by atoms with Gasteiger partial charge in [-0.2, -0.15) is 0 Å². The molecule has 10 heteroatoms. The number of benzene rings is 1. The number of amidine groups is 1. The number of likely N-dealkylation sites (tertiary alicyclic amines) is 1. The lowest BCUT2D eigenvalue weighted by atomic mass is 9.95. The summed E-state index contributed by atoms with van der Waals surface area (Å²) in [5.41, 5.74) is -0.325. The number of piperidine rings is 1. The Bertz CT molecular complexity index is 1230. The second kappa shape index (κ2) is 11.6. The summed E-state index contributed by atoms with van der Waals surface area (Å²) in [5.74, 6) is 1.93. The molecule has 1 N–H and O–H groups in total. The average Bonchev–Trinajstić information content (AvgIpc) is 3.48. The zero-order valence-corrected chi connectivity index (χ0v) is 22.7. The second-order valence-electron chi connectivity index (χ2n) is 10.7. The molecule has 2 aromatic rings. The van der Waals surface area contributed by atoms with Crippen LogP contribution in [-0.4, -0.2) is 71.2 Å². The molecule has 0 spiro atoms. The van der Waals surface area contributed by atoms with Crippen molar-refractivity contribution in [3.63, 3.8) is 0 Å². The number of aromatic nitrogens is 2. The molecule has 8 nitrogen and oxygen atoms in total. The summed E-state index contributed by atoms with van der Waals surface area (Å²) >= 11 is 0. The van der Waals surface area contributed by atoms with Gasteiger partial charge in [-0.05, 0) is 59.0 Å². The highest BCUT2D eigenvalue weighted by atomic mass is 19.1. The molecule has 0 atom stereocenters. The van der Waals surface area contributed by atoms with E-state index in [4.69, 9.17) is 4.98 Å². The number of halogens is 2. The molecular weight excluding hydrogens is 488 g/mol. The van der Waals surface area contributed by atoms with Crippen LogP contribution in [0.15, 0.2) is 46.8 Å². The highest BCUT2D eigenvalue weighted by Crippen LogP contribution is 2.34. The minimum atomic E-state index is -1.79. The zero-order chi connectivity index (χ0) is 27.4. The van der Waals surface area contributed by atoms with Gasteiger partial charge in [0.15, 0.2) is 0 Å². The van der Waals surface area contributed by atoms with Crippen LogP contribution in [0.1, 0.15) is 56.8 Å². The van der Waals surface area contributed by atoms with Gasteiger partial charge >= 0.3 is 0 Å². The molecule has 4 rings (SSSR count). The molecule has 204 valence electrons. The molecule has 1 amide bonds. The largest absolute Gasteiger partial charge is 0.357 e. The van der Waals surface area contributed by atoms with Crippen molar-refractivity contribution < 1.29 is 13.6 Å². The van der Waals surface area contributed by atoms with Crippen LogP contribution in [0.3, 0.4) is 0 Å². The van der Waals surface area contributed by atoms with Crippen LogP contribution >= 0.6 is 0 Å². The number of nitrogens with one attached hydrogen (secondary N) is 1. The smallest absolute Gasteiger partial charge is 0.225 e. The van der Waals surface area contributed by atoms with Gasteiger partial charge in [-0.25, -0.2) is 23.7 Å². The monoisotopic (exact) mass is 525 g/mol. The summed E-state index contributed by atoms with van der Waals surface area (Å²) < 4.78 is 31.1. The Morgan fingerprint density at radius 3 is 2.66 bits per heavy atom. The zero-order valence-electron chi connectivity index (χ0n) is 22.7. The third-order valence-electron chi connectivity index (χ3n) is 7.02. The number of nitrogens with zero attached hydrogens (tertiary/aromatic N) is 6. The Kier molecular flexibility index (Phi) is 8.40. The number of alkyl halides is 1. The molecule has 0 aliphatic carbocycles. The standard InChI is InChI=1S/C28H37F2N7O/c1-19(31-18-32-25-8-9-26(38)34-25)36-12-10-20(11-13-36)27-33-24(17-37(27)15-14-35(4)5)21-6-7-23(29)22(16-21)28(2,3)30/h6-7,16-18,20H,1,8-15H2,2-5H3,(H,31,32,34,38). The van der Waals surface area contributed by atoms with E-state index in [9.17, 15) is 13.6 Å². The number of likely N-dealkylation sites (N-methyl/N-ethyl adjacent to an activating group) is 1. The highest BCUT2D eigenvalue weighted by Gasteiger charge is 2.27. The van der Waals surface area contributed by atoms with Crippen molar-refractivity contribution in [3.05, 3.63) is 54.0 Å². The van der Waals surface area contributed by atoms with Crippen LogP contribution in [-0.2, 0) is 17.0 Å². The Morgan fingerprint density at radius 1 is 1.29 bits per heavy atom. The maximum Gasteiger partial charge on any atom is 0.225 e. The van der Waals surface area contributed by atoms with Gasteiger partial charge in [0.1, 0.15) is 35.3 Å². The average molecular weight is 526 g/mol. The normalized spacial score (nSPS) is 18.2. The minimum Gasteiger partial charge on any atom is -0.357 e. The topological polar surface area (TPSA) is 78.1 Å². The van der Waals surface area contributed by atoms with Gasteiger partial charge in [-0.3, -0.25) is 4.79 Å². The van der Waals surface area contributed by atoms with E-state index in [1.807, 2.05) is 20.3 Å². The van der Waals surface area contributed by atoms with Gasteiger partial charge in [0.05, 0.1) is 5.69 Å². The molecule has 0 unspecified atom stereocenters. The first-order chi connectivity index (χ1) is 18.0. The Labute approximate surface area is 223 Å². The molecule has 2 saturated heterocycles. The first-order valence-corrected chi connectivity index (χ1v) is 13.1. The number of aliphatic imine (C=N–C) groups is 2. The molecule has 2 aliphatic rings. The van der Waals surface area contributed by atoms with E-state index in [0.29, 0.717) is 30.1 Å². The maximum absolute atomic E-state index is 14.6. The van der Waals surface area contributed by atoms with Gasteiger partial charge in [0, 0.05) is 62.3 Å². The fraction of sp³-hybridized carbons (Fsp3) is 0.500. The summed E-state index contributed by atoms with van der Waals surface area (Å²) in [5, 5.41) is 2.71. The van der Waals surface area contributed by atoms with Crippen molar-refractivity contribution >= 4 is 18.1 Å². The molecule has 38 heavy (non-hydrogen) atoms. The van der Waals surface area contributed by atoms with E-state index in [1.165, 1.54) is 26.3 Å². The number of carbonyl (C=O) groups is 1. The van der Waals surface area contributed by atoms with Crippen LogP contribution in [0.2, 0.25) is 0 Å². The van der Waals surface area contributed by atoms with E-state index in [2.05, 4.69) is 36.2 Å². The number of hydrogen-bond acceptors (Lipinski definition) is 5. The summed E-state index contributed by atoms with van der Waals surface area (Å²) in [6, 6.07) is 4.56. The SMILES string of the molecule is C=C(/N=C\N=C1CCC(=O)N1)N1CCC(c2nc(-c3ccc(F)c(C(C)(C)F)c3)cn2CCN(C)C)CC1. The number of imidazole rings is 1. The predicted octanol–water partition coefficient (Wildman–Crippen LogP) is 4.44. The van der Waals surface area contributed by atoms with E-state index in [-0.39, 0.29) is 17.4 Å². The van der Waals surface area contributed by atoms with Crippen LogP contribution in [0.5, 0.6) is 0 Å². The molecule has 0 bridgehead atoms. The van der Waals surface area contributed by atoms with Gasteiger partial charge in [-0.1, -0.05) is 6.58 Å². The van der Waals surface area contributed by atoms with E-state index < -0.39 is 11.5 Å². The van der Waals surface area contributed by atoms with E-state index >= 15 is 0 Å². The van der Waals surface area contributed by atoms with Gasteiger partial charge in [-0.15, -0.1) is 0 Å². The first kappa shape index (κ1) is 27.6. The quantitative estimate of drug-likeness (QED) is 0.388. The van der Waals surface area contributed by atoms with Gasteiger partial charge in [0.25, 0.3) is 0 Å². The molecule has 2 fully saturated rings. The number of carbonyl (C=O) groups excluding carboxylic acids is 1. The molecule has 2 aliphatic heterocycles. The minimum absolute atomic E-state index is 0.0173.